The molecule has 1 aromatic heterocycles. The van der Waals surface area contributed by atoms with Crippen LogP contribution >= 0.6 is 0 Å². The molecule has 0 amide bonds. The van der Waals surface area contributed by atoms with Crippen molar-refractivity contribution in [2.45, 2.75) is 6.92 Å². The van der Waals surface area contributed by atoms with E-state index < -0.39 is 10.9 Å². The Morgan fingerprint density at radius 3 is 2.91 bits per heavy atom. The van der Waals surface area contributed by atoms with E-state index in [4.69, 9.17) is 9.47 Å². The Bertz CT molecular complexity index is 751. The van der Waals surface area contributed by atoms with E-state index in [1.165, 1.54) is 22.9 Å². The molecule has 23 heavy (non-hydrogen) atoms. The summed E-state index contributed by atoms with van der Waals surface area (Å²) in [6, 6.07) is 7.52. The first-order valence-electron chi connectivity index (χ1n) is 7.02. The van der Waals surface area contributed by atoms with Crippen LogP contribution in [0.25, 0.3) is 5.69 Å². The maximum Gasteiger partial charge on any atom is 0.358 e. The molecule has 0 radical (unpaired) electrons. The van der Waals surface area contributed by atoms with Crippen LogP contribution in [0.4, 0.5) is 5.69 Å². The lowest BCUT2D eigenvalue weighted by atomic mass is 9.90. The lowest BCUT2D eigenvalue weighted by Crippen LogP contribution is -2.44. The number of non-ortho nitro benzene ring substituents is 1. The van der Waals surface area contributed by atoms with E-state index in [9.17, 15) is 14.9 Å². The standard InChI is InChI=1S/C15H15N3O5/c1-15(8-22-9-15)10-23-14(19)13-5-6-17(16-13)11-3-2-4-12(7-11)18(20)21/h2-7H,8-10H2,1H3. The van der Waals surface area contributed by atoms with Crippen molar-refractivity contribution in [2.75, 3.05) is 19.8 Å². The third-order valence-corrected chi connectivity index (χ3v) is 3.56. The number of hydrogen-bond acceptors (Lipinski definition) is 6. The first kappa shape index (κ1) is 15.2. The van der Waals surface area contributed by atoms with Gasteiger partial charge in [0, 0.05) is 23.7 Å². The van der Waals surface area contributed by atoms with E-state index in [0.717, 1.165) is 0 Å². The first-order chi connectivity index (χ1) is 11.0. The van der Waals surface area contributed by atoms with Crippen LogP contribution < -0.4 is 0 Å². The van der Waals surface area contributed by atoms with E-state index >= 15 is 0 Å². The highest BCUT2D eigenvalue weighted by atomic mass is 16.6. The number of rotatable bonds is 5. The lowest BCUT2D eigenvalue weighted by molar-refractivity contribution is -0.384. The number of nitrogens with zero attached hydrogens (tertiary/aromatic N) is 3. The van der Waals surface area contributed by atoms with Gasteiger partial charge in [0.25, 0.3) is 5.69 Å². The van der Waals surface area contributed by atoms with Crippen molar-refractivity contribution in [2.24, 2.45) is 5.41 Å². The summed E-state index contributed by atoms with van der Waals surface area (Å²) < 4.78 is 11.7. The number of esters is 1. The van der Waals surface area contributed by atoms with Gasteiger partial charge in [0.2, 0.25) is 0 Å². The average molecular weight is 317 g/mol. The maximum atomic E-state index is 12.0. The van der Waals surface area contributed by atoms with Gasteiger partial charge in [-0.3, -0.25) is 10.1 Å². The van der Waals surface area contributed by atoms with Crippen LogP contribution in [0.1, 0.15) is 17.4 Å². The molecule has 0 bridgehead atoms. The lowest BCUT2D eigenvalue weighted by Gasteiger charge is -2.36. The number of benzene rings is 1. The van der Waals surface area contributed by atoms with Crippen LogP contribution in [-0.4, -0.2) is 40.5 Å². The molecular weight excluding hydrogens is 302 g/mol. The van der Waals surface area contributed by atoms with Crippen molar-refractivity contribution in [3.8, 4) is 5.69 Å². The molecule has 1 saturated heterocycles. The molecule has 8 nitrogen and oxygen atoms in total. The molecule has 1 fully saturated rings. The summed E-state index contributed by atoms with van der Waals surface area (Å²) in [7, 11) is 0. The molecule has 120 valence electrons. The largest absolute Gasteiger partial charge is 0.460 e. The summed E-state index contributed by atoms with van der Waals surface area (Å²) in [6.45, 7) is 3.39. The van der Waals surface area contributed by atoms with Gasteiger partial charge in [0.1, 0.15) is 6.61 Å². The number of hydrogen-bond donors (Lipinski definition) is 0. The van der Waals surface area contributed by atoms with E-state index in [-0.39, 0.29) is 23.4 Å². The van der Waals surface area contributed by atoms with Crippen molar-refractivity contribution in [3.05, 3.63) is 52.3 Å². The van der Waals surface area contributed by atoms with Gasteiger partial charge in [-0.05, 0) is 12.1 Å². The summed E-state index contributed by atoms with van der Waals surface area (Å²) >= 11 is 0. The third kappa shape index (κ3) is 3.21. The molecule has 1 aliphatic heterocycles. The molecule has 3 rings (SSSR count). The fourth-order valence-electron chi connectivity index (χ4n) is 2.17. The number of carbonyl (C=O) groups excluding carboxylic acids is 1. The van der Waals surface area contributed by atoms with Crippen LogP contribution in [0.2, 0.25) is 0 Å². The maximum absolute atomic E-state index is 12.0. The van der Waals surface area contributed by atoms with Crippen molar-refractivity contribution in [1.29, 1.82) is 0 Å². The van der Waals surface area contributed by atoms with E-state index in [0.29, 0.717) is 18.9 Å². The van der Waals surface area contributed by atoms with Gasteiger partial charge in [-0.15, -0.1) is 0 Å². The quantitative estimate of drug-likeness (QED) is 0.475. The topological polar surface area (TPSA) is 96.5 Å². The zero-order chi connectivity index (χ0) is 16.4. The molecule has 0 atom stereocenters. The molecule has 0 N–H and O–H groups in total. The van der Waals surface area contributed by atoms with E-state index in [1.807, 2.05) is 6.92 Å². The third-order valence-electron chi connectivity index (χ3n) is 3.56. The second kappa shape index (κ2) is 5.81. The van der Waals surface area contributed by atoms with Crippen LogP contribution in [0.3, 0.4) is 0 Å². The normalized spacial score (nSPS) is 15.7. The van der Waals surface area contributed by atoms with E-state index in [2.05, 4.69) is 5.10 Å². The van der Waals surface area contributed by atoms with Gasteiger partial charge in [0.15, 0.2) is 5.69 Å². The Kier molecular flexibility index (Phi) is 3.83. The minimum atomic E-state index is -0.526. The Morgan fingerprint density at radius 2 is 2.26 bits per heavy atom. The average Bonchev–Trinajstić information content (AvgIpc) is 3.01. The molecule has 0 aliphatic carbocycles. The molecule has 2 aromatic rings. The highest BCUT2D eigenvalue weighted by molar-refractivity contribution is 5.87. The highest BCUT2D eigenvalue weighted by Crippen LogP contribution is 2.26. The number of ether oxygens (including phenoxy) is 2. The molecule has 1 aliphatic rings. The minimum Gasteiger partial charge on any atom is -0.460 e. The van der Waals surface area contributed by atoms with Crippen LogP contribution in [0.15, 0.2) is 36.5 Å². The van der Waals surface area contributed by atoms with Crippen molar-refractivity contribution in [1.82, 2.24) is 9.78 Å². The molecule has 8 heteroatoms. The Morgan fingerprint density at radius 1 is 1.48 bits per heavy atom. The first-order valence-corrected chi connectivity index (χ1v) is 7.02. The molecule has 0 unspecified atom stereocenters. The van der Waals surface area contributed by atoms with Gasteiger partial charge >= 0.3 is 5.97 Å². The Balaban J connectivity index is 1.71. The Labute approximate surface area is 131 Å². The minimum absolute atomic E-state index is 0.0416. The Hall–Kier alpha value is -2.74. The van der Waals surface area contributed by atoms with Crippen molar-refractivity contribution in [3.63, 3.8) is 0 Å². The second-order valence-electron chi connectivity index (χ2n) is 5.80. The molecule has 2 heterocycles. The van der Waals surface area contributed by atoms with Crippen molar-refractivity contribution >= 4 is 11.7 Å². The highest BCUT2D eigenvalue weighted by Gasteiger charge is 2.35. The summed E-state index contributed by atoms with van der Waals surface area (Å²) in [6.07, 6.45) is 1.56. The number of nitro benzene ring substituents is 1. The predicted molar refractivity (Wildman–Crippen MR) is 79.4 cm³/mol. The zero-order valence-corrected chi connectivity index (χ0v) is 12.5. The SMILES string of the molecule is CC1(COC(=O)c2ccn(-c3cccc([N+](=O)[O-])c3)n2)COC1. The monoisotopic (exact) mass is 317 g/mol. The van der Waals surface area contributed by atoms with Gasteiger partial charge in [-0.25, -0.2) is 9.48 Å². The fourth-order valence-corrected chi connectivity index (χ4v) is 2.17. The van der Waals surface area contributed by atoms with Crippen molar-refractivity contribution < 1.29 is 19.2 Å². The summed E-state index contributed by atoms with van der Waals surface area (Å²) in [5, 5.41) is 14.9. The summed E-state index contributed by atoms with van der Waals surface area (Å²) in [4.78, 5) is 22.3. The van der Waals surface area contributed by atoms with Crippen LogP contribution in [0, 0.1) is 15.5 Å². The van der Waals surface area contributed by atoms with Crippen LogP contribution in [-0.2, 0) is 9.47 Å². The van der Waals surface area contributed by atoms with Gasteiger partial charge in [-0.2, -0.15) is 5.10 Å². The molecule has 0 spiro atoms. The predicted octanol–water partition coefficient (Wildman–Crippen LogP) is 1.97. The zero-order valence-electron chi connectivity index (χ0n) is 12.5. The van der Waals surface area contributed by atoms with Gasteiger partial charge < -0.3 is 9.47 Å². The number of nitro groups is 1. The second-order valence-corrected chi connectivity index (χ2v) is 5.80. The van der Waals surface area contributed by atoms with Crippen LogP contribution in [0.5, 0.6) is 0 Å². The summed E-state index contributed by atoms with van der Waals surface area (Å²) in [5.41, 5.74) is 0.483. The van der Waals surface area contributed by atoms with E-state index in [1.54, 1.807) is 18.3 Å². The summed E-state index contributed by atoms with van der Waals surface area (Å²) in [5.74, 6) is -0.526. The van der Waals surface area contributed by atoms with Gasteiger partial charge in [-0.1, -0.05) is 13.0 Å². The smallest absolute Gasteiger partial charge is 0.358 e. The molecular formula is C15H15N3O5. The fraction of sp³-hybridized carbons (Fsp3) is 0.333. The number of aromatic nitrogens is 2. The number of carbonyl (C=O) groups is 1. The van der Waals surface area contributed by atoms with Gasteiger partial charge in [0.05, 0.1) is 23.8 Å². The molecule has 0 saturated carbocycles. The molecule has 1 aromatic carbocycles.